The third-order valence-electron chi connectivity index (χ3n) is 1.97. The van der Waals surface area contributed by atoms with Gasteiger partial charge in [0.2, 0.25) is 6.41 Å². The molecule has 66 valence electrons. The Balaban J connectivity index is 0.000000461. The van der Waals surface area contributed by atoms with Gasteiger partial charge in [0.1, 0.15) is 0 Å². The number of rotatable bonds is 1. The lowest BCUT2D eigenvalue weighted by Gasteiger charge is -2.26. The Morgan fingerprint density at radius 3 is 2.18 bits per heavy atom. The van der Waals surface area contributed by atoms with Gasteiger partial charge in [-0.2, -0.15) is 0 Å². The molecule has 0 aromatic heterocycles. The molecule has 1 saturated heterocycles. The van der Waals surface area contributed by atoms with E-state index in [0.29, 0.717) is 0 Å². The summed E-state index contributed by atoms with van der Waals surface area (Å²) in [4.78, 5) is 12.0. The van der Waals surface area contributed by atoms with Crippen LogP contribution in [0.3, 0.4) is 0 Å². The molecule has 1 aliphatic rings. The summed E-state index contributed by atoms with van der Waals surface area (Å²) in [5, 5.41) is 7.00. The Morgan fingerprint density at radius 2 is 1.82 bits per heavy atom. The third-order valence-corrected chi connectivity index (χ3v) is 1.97. The molecule has 0 spiro atoms. The standard InChI is InChI=1S/C7H13NO.CH4O/c1-7-2-4-8(6-9)5-3-7;1-2/h6-7H,2-5H2,1H3;2H,1H3. The average Bonchev–Trinajstić information content (AvgIpc) is 2.10. The first kappa shape index (κ1) is 10.4. The fourth-order valence-electron chi connectivity index (χ4n) is 1.13. The molecule has 0 aliphatic carbocycles. The molecule has 3 nitrogen and oxygen atoms in total. The Morgan fingerprint density at radius 1 is 1.36 bits per heavy atom. The fraction of sp³-hybridized carbons (Fsp3) is 0.875. The average molecular weight is 159 g/mol. The molecule has 1 amide bonds. The van der Waals surface area contributed by atoms with Crippen LogP contribution in [-0.4, -0.2) is 36.6 Å². The summed E-state index contributed by atoms with van der Waals surface area (Å²) >= 11 is 0. The second kappa shape index (κ2) is 6.16. The number of likely N-dealkylation sites (tertiary alicyclic amines) is 1. The van der Waals surface area contributed by atoms with E-state index in [1.165, 1.54) is 12.8 Å². The van der Waals surface area contributed by atoms with Gasteiger partial charge in [0.15, 0.2) is 0 Å². The number of carbonyl (C=O) groups excluding carboxylic acids is 1. The molecule has 0 radical (unpaired) electrons. The minimum atomic E-state index is 0.821. The first-order chi connectivity index (χ1) is 5.33. The minimum Gasteiger partial charge on any atom is -0.400 e. The Hall–Kier alpha value is -0.570. The van der Waals surface area contributed by atoms with Gasteiger partial charge in [-0.25, -0.2) is 0 Å². The molecule has 11 heavy (non-hydrogen) atoms. The number of hydrogen-bond donors (Lipinski definition) is 1. The van der Waals surface area contributed by atoms with E-state index in [1.54, 1.807) is 0 Å². The zero-order chi connectivity index (χ0) is 8.69. The SMILES string of the molecule is CC1CCN(C=O)CC1.CO. The largest absolute Gasteiger partial charge is 0.400 e. The van der Waals surface area contributed by atoms with E-state index in [0.717, 1.165) is 32.5 Å². The fourth-order valence-corrected chi connectivity index (χ4v) is 1.13. The van der Waals surface area contributed by atoms with E-state index >= 15 is 0 Å². The first-order valence-electron chi connectivity index (χ1n) is 3.97. The van der Waals surface area contributed by atoms with Crippen LogP contribution in [0.15, 0.2) is 0 Å². The van der Waals surface area contributed by atoms with E-state index in [2.05, 4.69) is 6.92 Å². The number of amides is 1. The monoisotopic (exact) mass is 159 g/mol. The van der Waals surface area contributed by atoms with E-state index in [-0.39, 0.29) is 0 Å². The molecule has 0 saturated carbocycles. The number of carbonyl (C=O) groups is 1. The molecule has 1 fully saturated rings. The van der Waals surface area contributed by atoms with Crippen LogP contribution in [0.2, 0.25) is 0 Å². The van der Waals surface area contributed by atoms with Crippen LogP contribution in [0.25, 0.3) is 0 Å². The number of hydrogen-bond acceptors (Lipinski definition) is 2. The van der Waals surface area contributed by atoms with Crippen LogP contribution >= 0.6 is 0 Å². The number of aliphatic hydroxyl groups excluding tert-OH is 1. The molecular weight excluding hydrogens is 142 g/mol. The lowest BCUT2D eigenvalue weighted by atomic mass is 10.00. The van der Waals surface area contributed by atoms with Gasteiger partial charge in [-0.3, -0.25) is 4.79 Å². The van der Waals surface area contributed by atoms with Crippen molar-refractivity contribution in [3.8, 4) is 0 Å². The van der Waals surface area contributed by atoms with Crippen LogP contribution in [0.5, 0.6) is 0 Å². The van der Waals surface area contributed by atoms with Gasteiger partial charge in [0, 0.05) is 20.2 Å². The predicted octanol–water partition coefficient (Wildman–Crippen LogP) is 0.483. The summed E-state index contributed by atoms with van der Waals surface area (Å²) in [6.07, 6.45) is 3.31. The van der Waals surface area contributed by atoms with Gasteiger partial charge in [0.25, 0.3) is 0 Å². The van der Waals surface area contributed by atoms with Crippen LogP contribution in [0.4, 0.5) is 0 Å². The Bertz CT molecular complexity index is 98.3. The highest BCUT2D eigenvalue weighted by Gasteiger charge is 2.12. The minimum absolute atomic E-state index is 0.821. The van der Waals surface area contributed by atoms with E-state index in [9.17, 15) is 4.79 Å². The van der Waals surface area contributed by atoms with Crippen molar-refractivity contribution < 1.29 is 9.90 Å². The maximum absolute atomic E-state index is 10.2. The zero-order valence-corrected chi connectivity index (χ0v) is 7.29. The van der Waals surface area contributed by atoms with Crippen LogP contribution < -0.4 is 0 Å². The predicted molar refractivity (Wildman–Crippen MR) is 44.2 cm³/mol. The van der Waals surface area contributed by atoms with Crippen LogP contribution in [0.1, 0.15) is 19.8 Å². The van der Waals surface area contributed by atoms with Crippen molar-refractivity contribution in [2.75, 3.05) is 20.2 Å². The zero-order valence-electron chi connectivity index (χ0n) is 7.29. The lowest BCUT2D eigenvalue weighted by Crippen LogP contribution is -2.31. The maximum Gasteiger partial charge on any atom is 0.209 e. The van der Waals surface area contributed by atoms with Gasteiger partial charge in [0.05, 0.1) is 0 Å². The molecule has 1 aliphatic heterocycles. The van der Waals surface area contributed by atoms with Crippen molar-refractivity contribution in [3.63, 3.8) is 0 Å². The maximum atomic E-state index is 10.2. The van der Waals surface area contributed by atoms with Crippen molar-refractivity contribution in [2.24, 2.45) is 5.92 Å². The number of piperidine rings is 1. The van der Waals surface area contributed by atoms with Crippen LogP contribution in [0, 0.1) is 5.92 Å². The smallest absolute Gasteiger partial charge is 0.209 e. The third kappa shape index (κ3) is 3.98. The molecule has 1 N–H and O–H groups in total. The molecule has 1 heterocycles. The molecule has 0 aromatic rings. The highest BCUT2D eigenvalue weighted by molar-refractivity contribution is 5.46. The summed E-state index contributed by atoms with van der Waals surface area (Å²) in [7, 11) is 1.00. The number of aliphatic hydroxyl groups is 1. The van der Waals surface area contributed by atoms with Crippen molar-refractivity contribution in [2.45, 2.75) is 19.8 Å². The lowest BCUT2D eigenvalue weighted by molar-refractivity contribution is -0.119. The topological polar surface area (TPSA) is 40.5 Å². The van der Waals surface area contributed by atoms with Crippen molar-refractivity contribution in [1.29, 1.82) is 0 Å². The first-order valence-corrected chi connectivity index (χ1v) is 3.97. The summed E-state index contributed by atoms with van der Waals surface area (Å²) in [6.45, 7) is 4.16. The molecule has 0 atom stereocenters. The Kier molecular flexibility index (Phi) is 5.84. The summed E-state index contributed by atoms with van der Waals surface area (Å²) in [5.41, 5.74) is 0. The molecule has 0 aromatic carbocycles. The molecular formula is C8H17NO2. The van der Waals surface area contributed by atoms with Gasteiger partial charge < -0.3 is 10.0 Å². The van der Waals surface area contributed by atoms with Gasteiger partial charge >= 0.3 is 0 Å². The van der Waals surface area contributed by atoms with Crippen LogP contribution in [-0.2, 0) is 4.79 Å². The quantitative estimate of drug-likeness (QED) is 0.565. The van der Waals surface area contributed by atoms with E-state index in [4.69, 9.17) is 5.11 Å². The summed E-state index contributed by atoms with van der Waals surface area (Å²) < 4.78 is 0. The highest BCUT2D eigenvalue weighted by Crippen LogP contribution is 2.13. The van der Waals surface area contributed by atoms with Gasteiger partial charge in [-0.05, 0) is 18.8 Å². The van der Waals surface area contributed by atoms with Gasteiger partial charge in [-0.15, -0.1) is 0 Å². The van der Waals surface area contributed by atoms with Crippen molar-refractivity contribution in [3.05, 3.63) is 0 Å². The van der Waals surface area contributed by atoms with Crippen molar-refractivity contribution in [1.82, 2.24) is 4.90 Å². The molecule has 1 rings (SSSR count). The van der Waals surface area contributed by atoms with E-state index in [1.807, 2.05) is 4.90 Å². The molecule has 3 heteroatoms. The normalized spacial score (nSPS) is 18.6. The molecule has 0 unspecified atom stereocenters. The number of nitrogens with zero attached hydrogens (tertiary/aromatic N) is 1. The summed E-state index contributed by atoms with van der Waals surface area (Å²) in [6, 6.07) is 0. The van der Waals surface area contributed by atoms with E-state index < -0.39 is 0 Å². The Labute approximate surface area is 68.0 Å². The highest BCUT2D eigenvalue weighted by atomic mass is 16.2. The van der Waals surface area contributed by atoms with Crippen molar-refractivity contribution >= 4 is 6.41 Å². The molecule has 0 bridgehead atoms. The second-order valence-electron chi connectivity index (χ2n) is 2.82. The summed E-state index contributed by atoms with van der Waals surface area (Å²) in [5.74, 6) is 0.821. The van der Waals surface area contributed by atoms with Gasteiger partial charge in [-0.1, -0.05) is 6.92 Å². The second-order valence-corrected chi connectivity index (χ2v) is 2.82.